The molecule has 0 aliphatic carbocycles. The van der Waals surface area contributed by atoms with Gasteiger partial charge in [-0.1, -0.05) is 0 Å². The second-order valence-electron chi connectivity index (χ2n) is 3.29. The summed E-state index contributed by atoms with van der Waals surface area (Å²) in [4.78, 5) is 10.2. The molecule has 1 aromatic carbocycles. The molecule has 0 spiro atoms. The van der Waals surface area contributed by atoms with Crippen LogP contribution < -0.4 is 0 Å². The molecule has 0 aliphatic heterocycles. The normalized spacial score (nSPS) is 10.4. The van der Waals surface area contributed by atoms with E-state index < -0.39 is 10.7 Å². The van der Waals surface area contributed by atoms with Crippen LogP contribution in [-0.4, -0.2) is 14.7 Å². The first kappa shape index (κ1) is 10.3. The van der Waals surface area contributed by atoms with Gasteiger partial charge in [0.1, 0.15) is 11.5 Å². The van der Waals surface area contributed by atoms with E-state index >= 15 is 0 Å². The Balaban J connectivity index is 2.62. The predicted octanol–water partition coefficient (Wildman–Crippen LogP) is 2.23. The lowest BCUT2D eigenvalue weighted by atomic mass is 10.2. The molecule has 0 radical (unpaired) electrons. The summed E-state index contributed by atoms with van der Waals surface area (Å²) in [7, 11) is 0. The smallest absolute Gasteiger partial charge is 0.258 e. The molecule has 0 bridgehead atoms. The van der Waals surface area contributed by atoms with Crippen molar-refractivity contribution in [2.24, 2.45) is 0 Å². The Kier molecular flexibility index (Phi) is 2.40. The van der Waals surface area contributed by atoms with Crippen LogP contribution in [0.3, 0.4) is 0 Å². The molecular formula is C10H8FN3O2. The quantitative estimate of drug-likeness (QED) is 0.577. The van der Waals surface area contributed by atoms with Crippen molar-refractivity contribution in [2.75, 3.05) is 0 Å². The summed E-state index contributed by atoms with van der Waals surface area (Å²) in [5, 5.41) is 14.8. The Morgan fingerprint density at radius 3 is 2.75 bits per heavy atom. The van der Waals surface area contributed by atoms with E-state index in [1.165, 1.54) is 4.68 Å². The van der Waals surface area contributed by atoms with Gasteiger partial charge in [-0.15, -0.1) is 0 Å². The molecule has 2 aromatic rings. The summed E-state index contributed by atoms with van der Waals surface area (Å²) in [6.07, 6.45) is 1.55. The molecule has 16 heavy (non-hydrogen) atoms. The van der Waals surface area contributed by atoms with Crippen LogP contribution in [0.2, 0.25) is 0 Å². The minimum absolute atomic E-state index is 0.123. The van der Waals surface area contributed by atoms with Gasteiger partial charge >= 0.3 is 0 Å². The molecule has 2 rings (SSSR count). The lowest BCUT2D eigenvalue weighted by Crippen LogP contribution is -2.01. The van der Waals surface area contributed by atoms with E-state index in [9.17, 15) is 14.5 Å². The van der Waals surface area contributed by atoms with E-state index in [1.54, 1.807) is 19.2 Å². The fraction of sp³-hybridized carbons (Fsp3) is 0.100. The number of nitro benzene ring substituents is 1. The summed E-state index contributed by atoms with van der Waals surface area (Å²) >= 11 is 0. The van der Waals surface area contributed by atoms with Gasteiger partial charge in [-0.25, -0.2) is 9.07 Å². The van der Waals surface area contributed by atoms with Crippen molar-refractivity contribution in [1.29, 1.82) is 0 Å². The highest BCUT2D eigenvalue weighted by molar-refractivity contribution is 5.51. The zero-order chi connectivity index (χ0) is 11.7. The van der Waals surface area contributed by atoms with Gasteiger partial charge in [-0.3, -0.25) is 10.1 Å². The molecule has 0 amide bonds. The van der Waals surface area contributed by atoms with E-state index in [0.29, 0.717) is 5.69 Å². The topological polar surface area (TPSA) is 61.0 Å². The van der Waals surface area contributed by atoms with Crippen molar-refractivity contribution in [3.8, 4) is 5.69 Å². The van der Waals surface area contributed by atoms with Gasteiger partial charge in [-0.2, -0.15) is 5.10 Å². The Morgan fingerprint density at radius 1 is 1.44 bits per heavy atom. The number of hydrogen-bond donors (Lipinski definition) is 0. The van der Waals surface area contributed by atoms with Crippen LogP contribution >= 0.6 is 0 Å². The maximum absolute atomic E-state index is 13.0. The Bertz CT molecular complexity index is 551. The minimum atomic E-state index is -0.564. The van der Waals surface area contributed by atoms with E-state index in [0.717, 1.165) is 18.2 Å². The second-order valence-corrected chi connectivity index (χ2v) is 3.29. The molecule has 1 heterocycles. The van der Waals surface area contributed by atoms with Crippen LogP contribution in [0.1, 0.15) is 5.69 Å². The number of aryl methyl sites for hydroxylation is 1. The van der Waals surface area contributed by atoms with Gasteiger partial charge in [-0.05, 0) is 19.1 Å². The maximum Gasteiger partial charge on any atom is 0.295 e. The van der Waals surface area contributed by atoms with E-state index in [2.05, 4.69) is 5.10 Å². The fourth-order valence-corrected chi connectivity index (χ4v) is 1.38. The summed E-state index contributed by atoms with van der Waals surface area (Å²) in [5.74, 6) is -0.534. The zero-order valence-corrected chi connectivity index (χ0v) is 8.42. The number of halogens is 1. The Hall–Kier alpha value is -2.24. The van der Waals surface area contributed by atoms with Crippen LogP contribution in [-0.2, 0) is 0 Å². The fourth-order valence-electron chi connectivity index (χ4n) is 1.38. The molecule has 6 heteroatoms. The van der Waals surface area contributed by atoms with Gasteiger partial charge in [0, 0.05) is 18.3 Å². The van der Waals surface area contributed by atoms with Crippen molar-refractivity contribution in [1.82, 2.24) is 9.78 Å². The first-order valence-electron chi connectivity index (χ1n) is 4.54. The maximum atomic E-state index is 13.0. The van der Waals surface area contributed by atoms with Crippen molar-refractivity contribution < 1.29 is 9.31 Å². The first-order valence-corrected chi connectivity index (χ1v) is 4.54. The van der Waals surface area contributed by atoms with Crippen LogP contribution in [0.25, 0.3) is 5.69 Å². The van der Waals surface area contributed by atoms with Gasteiger partial charge in [0.15, 0.2) is 0 Å². The molecule has 1 aromatic heterocycles. The highest BCUT2D eigenvalue weighted by Gasteiger charge is 2.16. The van der Waals surface area contributed by atoms with Crippen molar-refractivity contribution in [3.63, 3.8) is 0 Å². The number of rotatable bonds is 2. The SMILES string of the molecule is Cc1ccn(-c2cc(F)ccc2[N+](=O)[O-])n1. The average molecular weight is 221 g/mol. The molecule has 0 saturated carbocycles. The largest absolute Gasteiger partial charge is 0.295 e. The number of hydrogen-bond acceptors (Lipinski definition) is 3. The van der Waals surface area contributed by atoms with Crippen LogP contribution in [0.5, 0.6) is 0 Å². The molecular weight excluding hydrogens is 213 g/mol. The molecule has 0 fully saturated rings. The standard InChI is InChI=1S/C10H8FN3O2/c1-7-4-5-13(12-7)10-6-8(11)2-3-9(10)14(15)16/h2-6H,1H3. The van der Waals surface area contributed by atoms with Crippen molar-refractivity contribution in [2.45, 2.75) is 6.92 Å². The van der Waals surface area contributed by atoms with Crippen LogP contribution in [0.4, 0.5) is 10.1 Å². The van der Waals surface area contributed by atoms with Gasteiger partial charge in [0.2, 0.25) is 0 Å². The summed E-state index contributed by atoms with van der Waals surface area (Å²) in [5.41, 5.74) is 0.654. The zero-order valence-electron chi connectivity index (χ0n) is 8.42. The third-order valence-corrected chi connectivity index (χ3v) is 2.10. The predicted molar refractivity (Wildman–Crippen MR) is 54.9 cm³/mol. The minimum Gasteiger partial charge on any atom is -0.258 e. The van der Waals surface area contributed by atoms with Gasteiger partial charge in [0.25, 0.3) is 5.69 Å². The molecule has 0 saturated heterocycles. The van der Waals surface area contributed by atoms with E-state index in [4.69, 9.17) is 0 Å². The molecule has 5 nitrogen and oxygen atoms in total. The summed E-state index contributed by atoms with van der Waals surface area (Å²) in [6.45, 7) is 1.75. The van der Waals surface area contributed by atoms with Crippen molar-refractivity contribution in [3.05, 3.63) is 52.1 Å². The van der Waals surface area contributed by atoms with Gasteiger partial charge in [0.05, 0.1) is 10.6 Å². The summed E-state index contributed by atoms with van der Waals surface area (Å²) < 4.78 is 14.3. The molecule has 0 N–H and O–H groups in total. The van der Waals surface area contributed by atoms with E-state index in [-0.39, 0.29) is 11.4 Å². The number of benzene rings is 1. The highest BCUT2D eigenvalue weighted by atomic mass is 19.1. The highest BCUT2D eigenvalue weighted by Crippen LogP contribution is 2.23. The lowest BCUT2D eigenvalue weighted by Gasteiger charge is -2.02. The second kappa shape index (κ2) is 3.73. The summed E-state index contributed by atoms with van der Waals surface area (Å²) in [6, 6.07) is 4.96. The van der Waals surface area contributed by atoms with E-state index in [1.807, 2.05) is 0 Å². The van der Waals surface area contributed by atoms with Crippen LogP contribution in [0, 0.1) is 22.9 Å². The molecule has 0 atom stereocenters. The molecule has 82 valence electrons. The monoisotopic (exact) mass is 221 g/mol. The number of nitro groups is 1. The van der Waals surface area contributed by atoms with Gasteiger partial charge < -0.3 is 0 Å². The molecule has 0 aliphatic rings. The third-order valence-electron chi connectivity index (χ3n) is 2.10. The first-order chi connectivity index (χ1) is 7.58. The third kappa shape index (κ3) is 1.77. The average Bonchev–Trinajstić information content (AvgIpc) is 2.64. The Labute approximate surface area is 90.3 Å². The van der Waals surface area contributed by atoms with Crippen LogP contribution in [0.15, 0.2) is 30.5 Å². The number of nitrogens with zero attached hydrogens (tertiary/aromatic N) is 3. The lowest BCUT2D eigenvalue weighted by molar-refractivity contribution is -0.384. The number of aromatic nitrogens is 2. The Morgan fingerprint density at radius 2 is 2.19 bits per heavy atom. The molecule has 0 unspecified atom stereocenters. The van der Waals surface area contributed by atoms with Crippen molar-refractivity contribution >= 4 is 5.69 Å².